The number of aromatic hydroxyl groups is 1. The van der Waals surface area contributed by atoms with Gasteiger partial charge < -0.3 is 14.9 Å². The van der Waals surface area contributed by atoms with Crippen LogP contribution in [0.5, 0.6) is 5.75 Å². The number of esters is 1. The van der Waals surface area contributed by atoms with Crippen molar-refractivity contribution in [3.63, 3.8) is 0 Å². The minimum atomic E-state index is -1.30. The maximum Gasteiger partial charge on any atom is 0.348 e. The van der Waals surface area contributed by atoms with Gasteiger partial charge in [0, 0.05) is 0 Å². The summed E-state index contributed by atoms with van der Waals surface area (Å²) in [6.45, 7) is 1.74. The van der Waals surface area contributed by atoms with Gasteiger partial charge in [-0.25, -0.2) is 9.59 Å². The Kier molecular flexibility index (Phi) is 4.66. The molecule has 98 valence electrons. The molecule has 2 N–H and O–H groups in total. The van der Waals surface area contributed by atoms with Gasteiger partial charge >= 0.3 is 11.9 Å². The molecule has 1 aromatic rings. The number of benzene rings is 1. The number of carboxylic acids is 1. The zero-order valence-corrected chi connectivity index (χ0v) is 10.1. The van der Waals surface area contributed by atoms with Gasteiger partial charge in [0.05, 0.1) is 6.61 Å². The van der Waals surface area contributed by atoms with Crippen molar-refractivity contribution in [1.29, 1.82) is 5.26 Å². The van der Waals surface area contributed by atoms with Gasteiger partial charge in [-0.15, -0.1) is 0 Å². The molecular formula is C13H11NO5. The predicted octanol–water partition coefficient (Wildman–Crippen LogP) is 1.56. The van der Waals surface area contributed by atoms with Gasteiger partial charge in [0.15, 0.2) is 0 Å². The molecule has 0 aliphatic carbocycles. The highest BCUT2D eigenvalue weighted by Gasteiger charge is 2.12. The lowest BCUT2D eigenvalue weighted by Crippen LogP contribution is -2.06. The van der Waals surface area contributed by atoms with Gasteiger partial charge in [-0.2, -0.15) is 5.26 Å². The van der Waals surface area contributed by atoms with Gasteiger partial charge in [-0.1, -0.05) is 6.07 Å². The van der Waals surface area contributed by atoms with Crippen molar-refractivity contribution >= 4 is 18.0 Å². The number of phenols is 1. The Morgan fingerprint density at radius 2 is 2.16 bits per heavy atom. The van der Waals surface area contributed by atoms with Crippen LogP contribution in [0.2, 0.25) is 0 Å². The number of ether oxygens (including phenoxy) is 1. The van der Waals surface area contributed by atoms with Crippen molar-refractivity contribution in [3.05, 3.63) is 34.9 Å². The lowest BCUT2D eigenvalue weighted by molar-refractivity contribution is -0.137. The van der Waals surface area contributed by atoms with Crippen LogP contribution in [-0.4, -0.2) is 28.8 Å². The van der Waals surface area contributed by atoms with Crippen LogP contribution < -0.4 is 0 Å². The molecule has 0 amide bonds. The van der Waals surface area contributed by atoms with E-state index in [9.17, 15) is 14.7 Å². The lowest BCUT2D eigenvalue weighted by atomic mass is 10.1. The molecule has 0 saturated carbocycles. The van der Waals surface area contributed by atoms with E-state index in [0.717, 1.165) is 6.07 Å². The third-order valence-corrected chi connectivity index (χ3v) is 2.18. The summed E-state index contributed by atoms with van der Waals surface area (Å²) in [5.74, 6) is -2.48. The number of rotatable bonds is 4. The molecule has 0 aliphatic rings. The first-order valence-electron chi connectivity index (χ1n) is 5.34. The summed E-state index contributed by atoms with van der Waals surface area (Å²) in [6, 6.07) is 5.40. The van der Waals surface area contributed by atoms with E-state index in [-0.39, 0.29) is 23.5 Å². The van der Waals surface area contributed by atoms with Gasteiger partial charge in [0.1, 0.15) is 23.0 Å². The van der Waals surface area contributed by atoms with E-state index in [2.05, 4.69) is 4.74 Å². The monoisotopic (exact) mass is 261 g/mol. The second-order valence-electron chi connectivity index (χ2n) is 3.47. The predicted molar refractivity (Wildman–Crippen MR) is 65.3 cm³/mol. The third kappa shape index (κ3) is 3.57. The normalized spacial score (nSPS) is 10.6. The first kappa shape index (κ1) is 14.3. The largest absolute Gasteiger partial charge is 0.507 e. The van der Waals surface area contributed by atoms with Gasteiger partial charge in [-0.05, 0) is 30.7 Å². The highest BCUT2D eigenvalue weighted by atomic mass is 16.5. The van der Waals surface area contributed by atoms with Crippen molar-refractivity contribution in [2.45, 2.75) is 6.92 Å². The molecule has 0 aromatic heterocycles. The molecule has 0 saturated heterocycles. The molecule has 1 rings (SSSR count). The SMILES string of the molecule is CCOC(=O)C(C#N)=Cc1ccc(O)c(C(=O)O)c1. The van der Waals surface area contributed by atoms with Gasteiger partial charge in [0.25, 0.3) is 0 Å². The zero-order valence-electron chi connectivity index (χ0n) is 10.1. The average molecular weight is 261 g/mol. The number of carbonyl (C=O) groups excluding carboxylic acids is 1. The van der Waals surface area contributed by atoms with E-state index in [4.69, 9.17) is 10.4 Å². The summed E-state index contributed by atoms with van der Waals surface area (Å²) in [5, 5.41) is 27.0. The molecule has 19 heavy (non-hydrogen) atoms. The summed E-state index contributed by atoms with van der Waals surface area (Å²) >= 11 is 0. The highest BCUT2D eigenvalue weighted by molar-refractivity contribution is 5.98. The number of carbonyl (C=O) groups is 2. The van der Waals surface area contributed by atoms with E-state index in [1.165, 1.54) is 18.2 Å². The van der Waals surface area contributed by atoms with E-state index in [0.29, 0.717) is 5.56 Å². The molecule has 0 bridgehead atoms. The molecule has 1 aromatic carbocycles. The molecule has 0 aliphatic heterocycles. The molecular weight excluding hydrogens is 250 g/mol. The van der Waals surface area contributed by atoms with Gasteiger partial charge in [-0.3, -0.25) is 0 Å². The van der Waals surface area contributed by atoms with Crippen LogP contribution >= 0.6 is 0 Å². The number of hydrogen-bond acceptors (Lipinski definition) is 5. The smallest absolute Gasteiger partial charge is 0.348 e. The van der Waals surface area contributed by atoms with Crippen LogP contribution in [0.4, 0.5) is 0 Å². The molecule has 6 heteroatoms. The van der Waals surface area contributed by atoms with E-state index in [1.807, 2.05) is 0 Å². The Morgan fingerprint density at radius 3 is 2.68 bits per heavy atom. The first-order chi connectivity index (χ1) is 8.99. The fourth-order valence-corrected chi connectivity index (χ4v) is 1.33. The molecule has 6 nitrogen and oxygen atoms in total. The first-order valence-corrected chi connectivity index (χ1v) is 5.34. The van der Waals surface area contributed by atoms with E-state index < -0.39 is 11.9 Å². The molecule has 0 spiro atoms. The van der Waals surface area contributed by atoms with Crippen LogP contribution in [0.1, 0.15) is 22.8 Å². The summed E-state index contributed by atoms with van der Waals surface area (Å²) in [5.41, 5.74) is -0.251. The molecule has 0 heterocycles. The van der Waals surface area contributed by atoms with Crippen LogP contribution in [0.25, 0.3) is 6.08 Å². The van der Waals surface area contributed by atoms with Crippen molar-refractivity contribution in [2.24, 2.45) is 0 Å². The standard InChI is InChI=1S/C13H11NO5/c1-2-19-13(18)9(7-14)5-8-3-4-11(15)10(6-8)12(16)17/h3-6,15H,2H2,1H3,(H,16,17). The number of aromatic carboxylic acids is 1. The maximum absolute atomic E-state index is 11.4. The number of carboxylic acid groups (broad SMARTS) is 1. The Bertz CT molecular complexity index is 583. The fourth-order valence-electron chi connectivity index (χ4n) is 1.33. The maximum atomic E-state index is 11.4. The van der Waals surface area contributed by atoms with Crippen molar-refractivity contribution in [3.8, 4) is 11.8 Å². The third-order valence-electron chi connectivity index (χ3n) is 2.18. The minimum Gasteiger partial charge on any atom is -0.507 e. The van der Waals surface area contributed by atoms with Crippen molar-refractivity contribution in [2.75, 3.05) is 6.61 Å². The lowest BCUT2D eigenvalue weighted by Gasteiger charge is -2.02. The van der Waals surface area contributed by atoms with Crippen LogP contribution in [0.3, 0.4) is 0 Å². The molecule has 0 radical (unpaired) electrons. The summed E-state index contributed by atoms with van der Waals surface area (Å²) in [7, 11) is 0. The summed E-state index contributed by atoms with van der Waals surface area (Å²) in [4.78, 5) is 22.2. The number of nitriles is 1. The summed E-state index contributed by atoms with van der Waals surface area (Å²) < 4.78 is 4.67. The van der Waals surface area contributed by atoms with Crippen LogP contribution in [-0.2, 0) is 9.53 Å². The van der Waals surface area contributed by atoms with Crippen molar-refractivity contribution < 1.29 is 24.5 Å². The highest BCUT2D eigenvalue weighted by Crippen LogP contribution is 2.20. The number of nitrogens with zero attached hydrogens (tertiary/aromatic N) is 1. The van der Waals surface area contributed by atoms with E-state index in [1.54, 1.807) is 13.0 Å². The fraction of sp³-hybridized carbons (Fsp3) is 0.154. The molecule has 0 fully saturated rings. The second-order valence-corrected chi connectivity index (χ2v) is 3.47. The minimum absolute atomic E-state index is 0.133. The second kappa shape index (κ2) is 6.21. The Labute approximate surface area is 109 Å². The van der Waals surface area contributed by atoms with Crippen LogP contribution in [0, 0.1) is 11.3 Å². The van der Waals surface area contributed by atoms with Crippen LogP contribution in [0.15, 0.2) is 23.8 Å². The Hall–Kier alpha value is -2.81. The topological polar surface area (TPSA) is 108 Å². The van der Waals surface area contributed by atoms with E-state index >= 15 is 0 Å². The van der Waals surface area contributed by atoms with Crippen molar-refractivity contribution in [1.82, 2.24) is 0 Å². The van der Waals surface area contributed by atoms with Gasteiger partial charge in [0.2, 0.25) is 0 Å². The number of hydrogen-bond donors (Lipinski definition) is 2. The Morgan fingerprint density at radius 1 is 1.47 bits per heavy atom. The molecule has 0 unspecified atom stereocenters. The Balaban J connectivity index is 3.17. The quantitative estimate of drug-likeness (QED) is 0.483. The zero-order chi connectivity index (χ0) is 14.4. The summed E-state index contributed by atoms with van der Waals surface area (Å²) in [6.07, 6.45) is 1.20. The average Bonchev–Trinajstić information content (AvgIpc) is 2.37. The molecule has 0 atom stereocenters.